The topological polar surface area (TPSA) is 55.6 Å². The van der Waals surface area contributed by atoms with E-state index in [0.29, 0.717) is 19.6 Å². The van der Waals surface area contributed by atoms with Crippen molar-refractivity contribution < 1.29 is 9.53 Å². The Morgan fingerprint density at radius 1 is 1.40 bits per heavy atom. The minimum Gasteiger partial charge on any atom is -0.494 e. The van der Waals surface area contributed by atoms with Gasteiger partial charge in [0, 0.05) is 26.1 Å². The number of nitrogens with two attached hydrogens (primary N) is 1. The number of hydrogen-bond acceptors (Lipinski definition) is 3. The van der Waals surface area contributed by atoms with Gasteiger partial charge in [-0.3, -0.25) is 4.79 Å². The first kappa shape index (κ1) is 16.5. The predicted molar refractivity (Wildman–Crippen MR) is 81.8 cm³/mol. The molecule has 20 heavy (non-hydrogen) atoms. The molecular weight excluding hydrogens is 252 g/mol. The lowest BCUT2D eigenvalue weighted by Gasteiger charge is -2.23. The molecule has 0 aliphatic carbocycles. The first-order valence-electron chi connectivity index (χ1n) is 7.19. The summed E-state index contributed by atoms with van der Waals surface area (Å²) in [5.41, 5.74) is 6.74. The Morgan fingerprint density at radius 2 is 2.15 bits per heavy atom. The van der Waals surface area contributed by atoms with Crippen LogP contribution in [-0.2, 0) is 4.79 Å². The third kappa shape index (κ3) is 5.61. The van der Waals surface area contributed by atoms with Gasteiger partial charge in [0.15, 0.2) is 0 Å². The fraction of sp³-hybridized carbons (Fsp3) is 0.562. The highest BCUT2D eigenvalue weighted by Gasteiger charge is 2.13. The number of nitrogens with zero attached hydrogens (tertiary/aromatic N) is 1. The zero-order chi connectivity index (χ0) is 15.0. The van der Waals surface area contributed by atoms with Crippen LogP contribution in [0.3, 0.4) is 0 Å². The number of carbonyl (C=O) groups is 1. The third-order valence-electron chi connectivity index (χ3n) is 3.44. The van der Waals surface area contributed by atoms with Crippen LogP contribution in [0.5, 0.6) is 5.75 Å². The van der Waals surface area contributed by atoms with Gasteiger partial charge in [-0.1, -0.05) is 12.1 Å². The molecule has 4 nitrogen and oxygen atoms in total. The van der Waals surface area contributed by atoms with Gasteiger partial charge in [-0.2, -0.15) is 0 Å². The highest BCUT2D eigenvalue weighted by Crippen LogP contribution is 2.13. The fourth-order valence-electron chi connectivity index (χ4n) is 1.85. The van der Waals surface area contributed by atoms with Crippen molar-refractivity contribution in [2.75, 3.05) is 20.2 Å². The van der Waals surface area contributed by atoms with Crippen molar-refractivity contribution in [3.8, 4) is 5.75 Å². The lowest BCUT2D eigenvalue weighted by molar-refractivity contribution is -0.131. The first-order valence-corrected chi connectivity index (χ1v) is 7.19. The van der Waals surface area contributed by atoms with Crippen LogP contribution in [0.1, 0.15) is 31.7 Å². The Bertz CT molecular complexity index is 421. The smallest absolute Gasteiger partial charge is 0.222 e. The van der Waals surface area contributed by atoms with Crippen LogP contribution < -0.4 is 10.5 Å². The summed E-state index contributed by atoms with van der Waals surface area (Å²) in [4.78, 5) is 13.6. The van der Waals surface area contributed by atoms with Crippen molar-refractivity contribution in [1.29, 1.82) is 0 Å². The maximum atomic E-state index is 11.9. The molecular formula is C16H26N2O2. The van der Waals surface area contributed by atoms with E-state index in [1.165, 1.54) is 5.56 Å². The van der Waals surface area contributed by atoms with E-state index < -0.39 is 0 Å². The maximum absolute atomic E-state index is 11.9. The molecule has 1 amide bonds. The van der Waals surface area contributed by atoms with Gasteiger partial charge in [0.05, 0.1) is 6.61 Å². The summed E-state index contributed by atoms with van der Waals surface area (Å²) >= 11 is 0. The Hall–Kier alpha value is -1.55. The van der Waals surface area contributed by atoms with Gasteiger partial charge in [-0.15, -0.1) is 0 Å². The van der Waals surface area contributed by atoms with E-state index in [0.717, 1.165) is 18.6 Å². The summed E-state index contributed by atoms with van der Waals surface area (Å²) in [7, 11) is 1.81. The van der Waals surface area contributed by atoms with E-state index in [1.54, 1.807) is 4.90 Å². The molecule has 0 aliphatic rings. The number of ether oxygens (including phenoxy) is 1. The van der Waals surface area contributed by atoms with Gasteiger partial charge < -0.3 is 15.4 Å². The van der Waals surface area contributed by atoms with E-state index >= 15 is 0 Å². The van der Waals surface area contributed by atoms with Crippen LogP contribution in [0, 0.1) is 6.92 Å². The van der Waals surface area contributed by atoms with Crippen molar-refractivity contribution in [3.63, 3.8) is 0 Å². The van der Waals surface area contributed by atoms with E-state index in [4.69, 9.17) is 10.5 Å². The fourth-order valence-corrected chi connectivity index (χ4v) is 1.85. The second-order valence-electron chi connectivity index (χ2n) is 5.21. The summed E-state index contributed by atoms with van der Waals surface area (Å²) in [6.45, 7) is 5.14. The second kappa shape index (κ2) is 8.59. The maximum Gasteiger partial charge on any atom is 0.222 e. The molecule has 0 bridgehead atoms. The number of benzene rings is 1. The van der Waals surface area contributed by atoms with Crippen LogP contribution in [-0.4, -0.2) is 37.0 Å². The molecule has 1 unspecified atom stereocenters. The van der Waals surface area contributed by atoms with Gasteiger partial charge in [-0.05, 0) is 44.4 Å². The molecule has 0 radical (unpaired) electrons. The number of amides is 1. The molecule has 0 aromatic heterocycles. The van der Waals surface area contributed by atoms with E-state index in [9.17, 15) is 4.79 Å². The van der Waals surface area contributed by atoms with Gasteiger partial charge in [0.25, 0.3) is 0 Å². The monoisotopic (exact) mass is 278 g/mol. The molecule has 0 aliphatic heterocycles. The zero-order valence-corrected chi connectivity index (χ0v) is 12.8. The third-order valence-corrected chi connectivity index (χ3v) is 3.44. The normalized spacial score (nSPS) is 12.0. The minimum absolute atomic E-state index is 0.103. The molecule has 112 valence electrons. The number of carbonyl (C=O) groups excluding carboxylic acids is 1. The van der Waals surface area contributed by atoms with Crippen LogP contribution in [0.4, 0.5) is 0 Å². The summed E-state index contributed by atoms with van der Waals surface area (Å²) < 4.78 is 5.65. The average molecular weight is 278 g/mol. The van der Waals surface area contributed by atoms with Crippen molar-refractivity contribution in [2.45, 2.75) is 39.2 Å². The first-order chi connectivity index (χ1) is 9.54. The summed E-state index contributed by atoms with van der Waals surface area (Å²) in [5, 5.41) is 0. The number of hydrogen-bond donors (Lipinski definition) is 1. The lowest BCUT2D eigenvalue weighted by atomic mass is 10.2. The molecule has 4 heteroatoms. The van der Waals surface area contributed by atoms with Crippen molar-refractivity contribution in [2.24, 2.45) is 5.73 Å². The average Bonchev–Trinajstić information content (AvgIpc) is 2.45. The number of unbranched alkanes of at least 4 members (excludes halogenated alkanes) is 1. The van der Waals surface area contributed by atoms with E-state index in [-0.39, 0.29) is 11.9 Å². The minimum atomic E-state index is 0.103. The summed E-state index contributed by atoms with van der Waals surface area (Å²) in [6.07, 6.45) is 2.27. The van der Waals surface area contributed by atoms with Gasteiger partial charge in [0.2, 0.25) is 5.91 Å². The standard InChI is InChI=1S/C16H26N2O2/c1-13-7-6-8-15(11-13)20-10-5-4-9-16(19)18(3)14(2)12-17/h6-8,11,14H,4-5,9-10,12,17H2,1-3H3. The number of likely N-dealkylation sites (N-methyl/N-ethyl adjacent to an activating group) is 1. The van der Waals surface area contributed by atoms with E-state index in [2.05, 4.69) is 0 Å². The van der Waals surface area contributed by atoms with Gasteiger partial charge >= 0.3 is 0 Å². The molecule has 0 saturated carbocycles. The predicted octanol–water partition coefficient (Wildman–Crippen LogP) is 2.35. The Balaban J connectivity index is 2.17. The summed E-state index contributed by atoms with van der Waals surface area (Å²) in [6, 6.07) is 8.10. The van der Waals surface area contributed by atoms with E-state index in [1.807, 2.05) is 45.2 Å². The quantitative estimate of drug-likeness (QED) is 0.743. The van der Waals surface area contributed by atoms with Crippen LogP contribution in [0.15, 0.2) is 24.3 Å². The molecule has 0 heterocycles. The molecule has 2 N–H and O–H groups in total. The largest absolute Gasteiger partial charge is 0.494 e. The van der Waals surface area contributed by atoms with Gasteiger partial charge in [0.1, 0.15) is 5.75 Å². The molecule has 0 spiro atoms. The molecule has 0 saturated heterocycles. The zero-order valence-electron chi connectivity index (χ0n) is 12.8. The van der Waals surface area contributed by atoms with Crippen molar-refractivity contribution >= 4 is 5.91 Å². The number of aryl methyl sites for hydroxylation is 1. The molecule has 1 aromatic carbocycles. The Kier molecular flexibility index (Phi) is 7.09. The highest BCUT2D eigenvalue weighted by atomic mass is 16.5. The SMILES string of the molecule is Cc1cccc(OCCCCC(=O)N(C)C(C)CN)c1. The van der Waals surface area contributed by atoms with Crippen LogP contribution in [0.2, 0.25) is 0 Å². The number of rotatable bonds is 8. The van der Waals surface area contributed by atoms with Crippen molar-refractivity contribution in [3.05, 3.63) is 29.8 Å². The molecule has 1 aromatic rings. The highest BCUT2D eigenvalue weighted by molar-refractivity contribution is 5.76. The van der Waals surface area contributed by atoms with Gasteiger partial charge in [-0.25, -0.2) is 0 Å². The molecule has 0 fully saturated rings. The molecule has 1 atom stereocenters. The lowest BCUT2D eigenvalue weighted by Crippen LogP contribution is -2.39. The summed E-state index contributed by atoms with van der Waals surface area (Å²) in [5.74, 6) is 1.05. The van der Waals surface area contributed by atoms with Crippen LogP contribution in [0.25, 0.3) is 0 Å². The Morgan fingerprint density at radius 3 is 2.80 bits per heavy atom. The molecule has 1 rings (SSSR count). The Labute approximate surface area is 121 Å². The second-order valence-corrected chi connectivity index (χ2v) is 5.21. The van der Waals surface area contributed by atoms with Crippen molar-refractivity contribution in [1.82, 2.24) is 4.90 Å². The van der Waals surface area contributed by atoms with Crippen LogP contribution >= 0.6 is 0 Å².